The molecule has 7 heteroatoms. The van der Waals surface area contributed by atoms with Crippen LogP contribution in [0.3, 0.4) is 0 Å². The summed E-state index contributed by atoms with van der Waals surface area (Å²) in [6.45, 7) is 5.51. The molecular weight excluding hydrogens is 410 g/mol. The molecule has 1 aromatic heterocycles. The Morgan fingerprint density at radius 2 is 2.04 bits per heavy atom. The Bertz CT molecular complexity index is 625. The summed E-state index contributed by atoms with van der Waals surface area (Å²) in [6.07, 6.45) is 2.27. The van der Waals surface area contributed by atoms with Gasteiger partial charge in [-0.3, -0.25) is 4.99 Å². The third-order valence-corrected chi connectivity index (χ3v) is 2.96. The number of rotatable bonds is 6. The van der Waals surface area contributed by atoms with E-state index in [9.17, 15) is 4.39 Å². The highest BCUT2D eigenvalue weighted by molar-refractivity contribution is 14.0. The first-order valence-electron chi connectivity index (χ1n) is 7.28. The Kier molecular flexibility index (Phi) is 8.01. The maximum Gasteiger partial charge on any atom is 0.226 e. The second kappa shape index (κ2) is 9.49. The number of hydrogen-bond acceptors (Lipinski definition) is 3. The lowest BCUT2D eigenvalue weighted by Gasteiger charge is -2.05. The van der Waals surface area contributed by atoms with Crippen LogP contribution in [0.1, 0.15) is 19.5 Å². The van der Waals surface area contributed by atoms with Crippen LogP contribution in [0.25, 0.3) is 11.5 Å². The number of benzene rings is 1. The third kappa shape index (κ3) is 6.55. The number of aromatic nitrogens is 1. The van der Waals surface area contributed by atoms with Crippen molar-refractivity contribution in [3.05, 3.63) is 42.0 Å². The number of oxazole rings is 1. The van der Waals surface area contributed by atoms with E-state index in [1.54, 1.807) is 18.4 Å². The topological polar surface area (TPSA) is 76.4 Å². The Morgan fingerprint density at radius 3 is 2.70 bits per heavy atom. The van der Waals surface area contributed by atoms with E-state index in [0.717, 1.165) is 11.3 Å². The number of nitrogens with two attached hydrogens (primary N) is 1. The number of hydrogen-bond donors (Lipinski definition) is 2. The van der Waals surface area contributed by atoms with Crippen LogP contribution in [0.4, 0.5) is 4.39 Å². The van der Waals surface area contributed by atoms with Crippen LogP contribution in [0.5, 0.6) is 0 Å². The zero-order valence-corrected chi connectivity index (χ0v) is 15.6. The van der Waals surface area contributed by atoms with Crippen LogP contribution < -0.4 is 11.1 Å². The minimum Gasteiger partial charge on any atom is -0.444 e. The van der Waals surface area contributed by atoms with Gasteiger partial charge in [0, 0.05) is 25.1 Å². The molecule has 0 radical (unpaired) electrons. The molecule has 0 aliphatic heterocycles. The Balaban J connectivity index is 0.00000264. The molecule has 0 saturated carbocycles. The summed E-state index contributed by atoms with van der Waals surface area (Å²) < 4.78 is 18.3. The summed E-state index contributed by atoms with van der Waals surface area (Å²) in [5, 5.41) is 3.04. The fourth-order valence-electron chi connectivity index (χ4n) is 1.80. The largest absolute Gasteiger partial charge is 0.444 e. The van der Waals surface area contributed by atoms with Gasteiger partial charge in [-0.15, -0.1) is 24.0 Å². The SMILES string of the molecule is CC(C)CN=C(N)NCCc1coc(-c2ccc(F)cc2)n1.I. The monoisotopic (exact) mass is 432 g/mol. The van der Waals surface area contributed by atoms with E-state index < -0.39 is 0 Å². The first kappa shape index (κ1) is 19.4. The summed E-state index contributed by atoms with van der Waals surface area (Å²) in [4.78, 5) is 8.59. The number of aliphatic imine (C=N–C) groups is 1. The van der Waals surface area contributed by atoms with Gasteiger partial charge in [0.05, 0.1) is 5.69 Å². The van der Waals surface area contributed by atoms with Gasteiger partial charge in [-0.2, -0.15) is 0 Å². The first-order valence-corrected chi connectivity index (χ1v) is 7.28. The summed E-state index contributed by atoms with van der Waals surface area (Å²) in [5.74, 6) is 1.12. The maximum absolute atomic E-state index is 12.9. The van der Waals surface area contributed by atoms with Crippen molar-refractivity contribution in [3.63, 3.8) is 0 Å². The molecule has 0 aliphatic rings. The zero-order valence-electron chi connectivity index (χ0n) is 13.3. The molecule has 0 aliphatic carbocycles. The number of nitrogens with one attached hydrogen (secondary N) is 1. The predicted molar refractivity (Wildman–Crippen MR) is 100 cm³/mol. The van der Waals surface area contributed by atoms with E-state index >= 15 is 0 Å². The van der Waals surface area contributed by atoms with Crippen molar-refractivity contribution >= 4 is 29.9 Å². The standard InChI is InChI=1S/C16H21FN4O.HI/c1-11(2)9-20-16(18)19-8-7-14-10-22-15(21-14)12-3-5-13(17)6-4-12;/h3-6,10-11H,7-9H2,1-2H3,(H3,18,19,20);1H. The Morgan fingerprint density at radius 1 is 1.35 bits per heavy atom. The van der Waals surface area contributed by atoms with Crippen LogP contribution in [-0.4, -0.2) is 24.0 Å². The minimum atomic E-state index is -0.282. The number of nitrogens with zero attached hydrogens (tertiary/aromatic N) is 2. The quantitative estimate of drug-likeness (QED) is 0.418. The van der Waals surface area contributed by atoms with Gasteiger partial charge >= 0.3 is 0 Å². The van der Waals surface area contributed by atoms with Crippen molar-refractivity contribution in [2.45, 2.75) is 20.3 Å². The van der Waals surface area contributed by atoms with E-state index in [0.29, 0.717) is 37.3 Å². The van der Waals surface area contributed by atoms with Gasteiger partial charge in [-0.25, -0.2) is 9.37 Å². The lowest BCUT2D eigenvalue weighted by Crippen LogP contribution is -2.33. The minimum absolute atomic E-state index is 0. The molecule has 23 heavy (non-hydrogen) atoms. The van der Waals surface area contributed by atoms with Gasteiger partial charge in [-0.1, -0.05) is 13.8 Å². The van der Waals surface area contributed by atoms with Gasteiger partial charge in [0.25, 0.3) is 0 Å². The van der Waals surface area contributed by atoms with Gasteiger partial charge in [0.15, 0.2) is 5.96 Å². The fourth-order valence-corrected chi connectivity index (χ4v) is 1.80. The summed E-state index contributed by atoms with van der Waals surface area (Å²) in [5.41, 5.74) is 7.31. The highest BCUT2D eigenvalue weighted by Crippen LogP contribution is 2.18. The first-order chi connectivity index (χ1) is 10.5. The summed E-state index contributed by atoms with van der Waals surface area (Å²) in [7, 11) is 0. The number of halogens is 2. The molecule has 2 aromatic rings. The fraction of sp³-hybridized carbons (Fsp3) is 0.375. The molecular formula is C16H22FIN4O. The molecule has 0 bridgehead atoms. The zero-order chi connectivity index (χ0) is 15.9. The molecule has 126 valence electrons. The molecule has 2 rings (SSSR count). The second-order valence-corrected chi connectivity index (χ2v) is 5.45. The molecule has 1 aromatic carbocycles. The molecule has 5 nitrogen and oxygen atoms in total. The van der Waals surface area contributed by atoms with Crippen molar-refractivity contribution < 1.29 is 8.81 Å². The van der Waals surface area contributed by atoms with Gasteiger partial charge in [0.1, 0.15) is 12.1 Å². The molecule has 1 heterocycles. The van der Waals surface area contributed by atoms with Crippen LogP contribution in [0, 0.1) is 11.7 Å². The maximum atomic E-state index is 12.9. The second-order valence-electron chi connectivity index (χ2n) is 5.45. The number of guanidine groups is 1. The highest BCUT2D eigenvalue weighted by Gasteiger charge is 2.06. The summed E-state index contributed by atoms with van der Waals surface area (Å²) >= 11 is 0. The van der Waals surface area contributed by atoms with Crippen LogP contribution in [0.15, 0.2) is 39.9 Å². The van der Waals surface area contributed by atoms with Gasteiger partial charge in [-0.05, 0) is 30.2 Å². The molecule has 0 atom stereocenters. The molecule has 0 unspecified atom stereocenters. The van der Waals surface area contributed by atoms with Crippen molar-refractivity contribution in [2.24, 2.45) is 16.6 Å². The average molecular weight is 432 g/mol. The third-order valence-electron chi connectivity index (χ3n) is 2.96. The van der Waals surface area contributed by atoms with Crippen molar-refractivity contribution in [1.82, 2.24) is 10.3 Å². The van der Waals surface area contributed by atoms with Crippen LogP contribution in [-0.2, 0) is 6.42 Å². The average Bonchev–Trinajstić information content (AvgIpc) is 2.95. The van der Waals surface area contributed by atoms with E-state index in [1.165, 1.54) is 12.1 Å². The van der Waals surface area contributed by atoms with Crippen molar-refractivity contribution in [2.75, 3.05) is 13.1 Å². The van der Waals surface area contributed by atoms with Crippen LogP contribution >= 0.6 is 24.0 Å². The van der Waals surface area contributed by atoms with Crippen molar-refractivity contribution in [1.29, 1.82) is 0 Å². The van der Waals surface area contributed by atoms with E-state index in [1.807, 2.05) is 0 Å². The van der Waals surface area contributed by atoms with Crippen molar-refractivity contribution in [3.8, 4) is 11.5 Å². The molecule has 0 saturated heterocycles. The smallest absolute Gasteiger partial charge is 0.226 e. The van der Waals surface area contributed by atoms with Crippen LogP contribution in [0.2, 0.25) is 0 Å². The molecule has 0 amide bonds. The highest BCUT2D eigenvalue weighted by atomic mass is 127. The van der Waals surface area contributed by atoms with E-state index in [-0.39, 0.29) is 29.8 Å². The Labute approximate surface area is 152 Å². The predicted octanol–water partition coefficient (Wildman–Crippen LogP) is 3.20. The lowest BCUT2D eigenvalue weighted by atomic mass is 10.2. The normalized spacial score (nSPS) is 11.4. The molecule has 0 spiro atoms. The lowest BCUT2D eigenvalue weighted by molar-refractivity contribution is 0.571. The molecule has 3 N–H and O–H groups in total. The summed E-state index contributed by atoms with van der Waals surface area (Å²) in [6, 6.07) is 6.04. The Hall–Kier alpha value is -1.64. The van der Waals surface area contributed by atoms with Gasteiger partial charge in [0.2, 0.25) is 5.89 Å². The van der Waals surface area contributed by atoms with E-state index in [4.69, 9.17) is 10.2 Å². The van der Waals surface area contributed by atoms with E-state index in [2.05, 4.69) is 29.1 Å². The van der Waals surface area contributed by atoms with Gasteiger partial charge < -0.3 is 15.5 Å². The molecule has 0 fully saturated rings.